The number of nitrogens with zero attached hydrogens (tertiary/aromatic N) is 3. The van der Waals surface area contributed by atoms with E-state index in [-0.39, 0.29) is 12.7 Å². The summed E-state index contributed by atoms with van der Waals surface area (Å²) in [5, 5.41) is 5.28. The van der Waals surface area contributed by atoms with Gasteiger partial charge in [-0.25, -0.2) is 0 Å². The van der Waals surface area contributed by atoms with E-state index >= 15 is 0 Å². The summed E-state index contributed by atoms with van der Waals surface area (Å²) in [4.78, 5) is 2.95. The van der Waals surface area contributed by atoms with Gasteiger partial charge >= 0.3 is 0 Å². The maximum Gasteiger partial charge on any atom is 0.189 e. The van der Waals surface area contributed by atoms with Gasteiger partial charge in [-0.1, -0.05) is 55.1 Å². The lowest BCUT2D eigenvalue weighted by molar-refractivity contribution is 0.0213. The molecule has 2 heterocycles. The topological polar surface area (TPSA) is 39.5 Å². The molecule has 1 unspecified atom stereocenters. The maximum absolute atomic E-state index is 6.60. The zero-order valence-corrected chi connectivity index (χ0v) is 20.6. The second-order valence-corrected chi connectivity index (χ2v) is 15.4. The lowest BCUT2D eigenvalue weighted by Gasteiger charge is -2.20. The Bertz CT molecular complexity index is 885. The molecule has 0 radical (unpaired) electrons. The Hall–Kier alpha value is -1.12. The zero-order valence-electron chi connectivity index (χ0n) is 17.2. The van der Waals surface area contributed by atoms with E-state index in [1.165, 1.54) is 0 Å². The number of hydrogen-bond donors (Lipinski definition) is 0. The Balaban J connectivity index is 1.73. The minimum atomic E-state index is -1.13. The molecule has 158 valence electrons. The van der Waals surface area contributed by atoms with Crippen molar-refractivity contribution in [3.8, 4) is 5.75 Å². The Morgan fingerprint density at radius 1 is 1.28 bits per heavy atom. The van der Waals surface area contributed by atoms with Crippen LogP contribution in [0.15, 0.2) is 24.5 Å². The molecule has 0 amide bonds. The first kappa shape index (κ1) is 22.6. The second-order valence-electron chi connectivity index (χ2n) is 8.53. The highest BCUT2D eigenvalue weighted by atomic mass is 35.5. The summed E-state index contributed by atoms with van der Waals surface area (Å²) in [6, 6.07) is 4.72. The van der Waals surface area contributed by atoms with Crippen molar-refractivity contribution >= 4 is 54.2 Å². The summed E-state index contributed by atoms with van der Waals surface area (Å²) >= 11 is 18.6. The molecular formula is C20H27Cl2N3O2SSi. The van der Waals surface area contributed by atoms with E-state index in [0.717, 1.165) is 22.3 Å². The molecule has 1 fully saturated rings. The van der Waals surface area contributed by atoms with E-state index in [1.807, 2.05) is 25.5 Å². The number of halogens is 2. The smallest absolute Gasteiger partial charge is 0.189 e. The lowest BCUT2D eigenvalue weighted by Crippen LogP contribution is -2.23. The van der Waals surface area contributed by atoms with Crippen molar-refractivity contribution in [3.05, 3.63) is 40.1 Å². The van der Waals surface area contributed by atoms with Gasteiger partial charge in [0.2, 0.25) is 0 Å². The van der Waals surface area contributed by atoms with Crippen molar-refractivity contribution in [2.75, 3.05) is 24.8 Å². The molecule has 3 rings (SSSR count). The quantitative estimate of drug-likeness (QED) is 0.212. The second kappa shape index (κ2) is 9.35. The normalized spacial score (nSPS) is 17.2. The number of aryl methyl sites for hydroxylation is 1. The van der Waals surface area contributed by atoms with Gasteiger partial charge in [-0.15, -0.1) is 0 Å². The van der Waals surface area contributed by atoms with Crippen LogP contribution in [0.5, 0.6) is 5.75 Å². The van der Waals surface area contributed by atoms with Crippen LogP contribution < -0.4 is 9.64 Å². The molecule has 5 nitrogen and oxygen atoms in total. The van der Waals surface area contributed by atoms with Crippen molar-refractivity contribution in [3.63, 3.8) is 0 Å². The summed E-state index contributed by atoms with van der Waals surface area (Å²) in [6.45, 7) is 8.58. The molecule has 0 spiro atoms. The fourth-order valence-corrected chi connectivity index (χ4v) is 4.91. The first-order valence-corrected chi connectivity index (χ1v) is 14.5. The van der Waals surface area contributed by atoms with Crippen LogP contribution in [-0.2, 0) is 11.8 Å². The summed E-state index contributed by atoms with van der Waals surface area (Å²) in [5.74, 6) is 0.791. The molecule has 1 aromatic carbocycles. The summed E-state index contributed by atoms with van der Waals surface area (Å²) in [7, 11) is 0.764. The molecule has 1 aliphatic heterocycles. The minimum Gasteiger partial charge on any atom is -0.467 e. The third-order valence-corrected chi connectivity index (χ3v) is 7.83. The first-order valence-electron chi connectivity index (χ1n) is 9.63. The SMILES string of the molecule is Cn1cc(N2CC(c3c(OCOCC[Si](C)(C)C)ccc(Cl)c3Cl)CC2=S)cn1. The third kappa shape index (κ3) is 5.73. The fraction of sp³-hybridized carbons (Fsp3) is 0.500. The van der Waals surface area contributed by atoms with Crippen LogP contribution in [0.4, 0.5) is 5.69 Å². The van der Waals surface area contributed by atoms with Gasteiger partial charge in [0.15, 0.2) is 6.79 Å². The third-order valence-electron chi connectivity index (χ3n) is 4.92. The Morgan fingerprint density at radius 3 is 2.69 bits per heavy atom. The number of aromatic nitrogens is 2. The summed E-state index contributed by atoms with van der Waals surface area (Å²) in [6.07, 6.45) is 4.48. The zero-order chi connectivity index (χ0) is 21.2. The first-order chi connectivity index (χ1) is 13.7. The van der Waals surface area contributed by atoms with Gasteiger partial charge in [-0.2, -0.15) is 5.10 Å². The summed E-state index contributed by atoms with van der Waals surface area (Å²) in [5.41, 5.74) is 1.87. The van der Waals surface area contributed by atoms with Crippen molar-refractivity contribution in [2.45, 2.75) is 38.0 Å². The van der Waals surface area contributed by atoms with E-state index in [9.17, 15) is 0 Å². The molecule has 1 saturated heterocycles. The summed E-state index contributed by atoms with van der Waals surface area (Å²) < 4.78 is 13.4. The predicted octanol–water partition coefficient (Wildman–Crippen LogP) is 5.74. The Labute approximate surface area is 188 Å². The molecule has 0 bridgehead atoms. The van der Waals surface area contributed by atoms with E-state index in [0.29, 0.717) is 35.4 Å². The molecule has 1 atom stereocenters. The van der Waals surface area contributed by atoms with Gasteiger partial charge in [-0.05, 0) is 18.2 Å². The van der Waals surface area contributed by atoms with Gasteiger partial charge in [0.1, 0.15) is 5.75 Å². The van der Waals surface area contributed by atoms with Crippen LogP contribution in [0.25, 0.3) is 0 Å². The van der Waals surface area contributed by atoms with Crippen LogP contribution in [0.3, 0.4) is 0 Å². The monoisotopic (exact) mass is 471 g/mol. The van der Waals surface area contributed by atoms with Gasteiger partial charge in [-0.3, -0.25) is 4.68 Å². The van der Waals surface area contributed by atoms with Crippen LogP contribution in [0.1, 0.15) is 17.9 Å². The molecular weight excluding hydrogens is 445 g/mol. The molecule has 1 aliphatic rings. The predicted molar refractivity (Wildman–Crippen MR) is 127 cm³/mol. The average molecular weight is 473 g/mol. The highest BCUT2D eigenvalue weighted by molar-refractivity contribution is 7.80. The van der Waals surface area contributed by atoms with Gasteiger partial charge < -0.3 is 14.4 Å². The standard InChI is InChI=1S/C20H27Cl2N3O2SSi/c1-24-12-15(10-23-24)25-11-14(9-18(25)28)19-17(6-5-16(21)20(19)22)27-13-26-7-8-29(2,3)4/h5-6,10,12,14H,7-9,11,13H2,1-4H3. The lowest BCUT2D eigenvalue weighted by atomic mass is 9.97. The van der Waals surface area contributed by atoms with Gasteiger partial charge in [0.25, 0.3) is 0 Å². The van der Waals surface area contributed by atoms with Gasteiger partial charge in [0, 0.05) is 52.4 Å². The molecule has 0 saturated carbocycles. The number of rotatable bonds is 8. The number of ether oxygens (including phenoxy) is 2. The molecule has 2 aromatic rings. The number of benzene rings is 1. The molecule has 0 N–H and O–H groups in total. The number of hydrogen-bond acceptors (Lipinski definition) is 4. The van der Waals surface area contributed by atoms with Crippen molar-refractivity contribution in [2.24, 2.45) is 7.05 Å². The largest absolute Gasteiger partial charge is 0.467 e. The van der Waals surface area contributed by atoms with Crippen molar-refractivity contribution < 1.29 is 9.47 Å². The van der Waals surface area contributed by atoms with E-state index in [1.54, 1.807) is 10.7 Å². The van der Waals surface area contributed by atoms with E-state index in [2.05, 4.69) is 29.6 Å². The number of anilines is 1. The van der Waals surface area contributed by atoms with E-state index in [4.69, 9.17) is 44.9 Å². The molecule has 29 heavy (non-hydrogen) atoms. The Kier molecular flexibility index (Phi) is 7.27. The minimum absolute atomic E-state index is 0.0888. The molecule has 9 heteroatoms. The van der Waals surface area contributed by atoms with Crippen LogP contribution in [-0.4, -0.2) is 42.8 Å². The number of thiocarbonyl (C=S) groups is 1. The average Bonchev–Trinajstić information content (AvgIpc) is 3.22. The molecule has 0 aliphatic carbocycles. The highest BCUT2D eigenvalue weighted by Crippen LogP contribution is 2.43. The fourth-order valence-electron chi connectivity index (χ4n) is 3.30. The van der Waals surface area contributed by atoms with Crippen LogP contribution in [0, 0.1) is 0 Å². The van der Waals surface area contributed by atoms with Gasteiger partial charge in [0.05, 0.1) is 26.9 Å². The highest BCUT2D eigenvalue weighted by Gasteiger charge is 2.33. The molecule has 1 aromatic heterocycles. The van der Waals surface area contributed by atoms with E-state index < -0.39 is 8.07 Å². The van der Waals surface area contributed by atoms with Crippen LogP contribution >= 0.6 is 35.4 Å². The Morgan fingerprint density at radius 2 is 2.03 bits per heavy atom. The van der Waals surface area contributed by atoms with Crippen molar-refractivity contribution in [1.82, 2.24) is 9.78 Å². The van der Waals surface area contributed by atoms with Crippen LogP contribution in [0.2, 0.25) is 35.7 Å². The maximum atomic E-state index is 6.60. The van der Waals surface area contributed by atoms with Crippen molar-refractivity contribution in [1.29, 1.82) is 0 Å².